The van der Waals surface area contributed by atoms with Gasteiger partial charge < -0.3 is 0 Å². The number of rotatable bonds is 2. The number of hydrogen-bond donors (Lipinski definition) is 0. The van der Waals surface area contributed by atoms with Crippen molar-refractivity contribution in [2.75, 3.05) is 0 Å². The van der Waals surface area contributed by atoms with Gasteiger partial charge in [-0.05, 0) is 30.3 Å². The molecule has 0 amide bonds. The Morgan fingerprint density at radius 3 is 2.50 bits per heavy atom. The summed E-state index contributed by atoms with van der Waals surface area (Å²) >= 11 is 1.83. The predicted octanol–water partition coefficient (Wildman–Crippen LogP) is 6.46. The topological polar surface area (TPSA) is 30.7 Å². The Balaban J connectivity index is 1.74. The van der Waals surface area contributed by atoms with E-state index in [4.69, 9.17) is 4.98 Å². The summed E-state index contributed by atoms with van der Waals surface area (Å²) in [6.07, 6.45) is 3.69. The molecular weight excluding hydrogens is 362 g/mol. The average Bonchev–Trinajstić information content (AvgIpc) is 3.33. The van der Waals surface area contributed by atoms with E-state index >= 15 is 0 Å². The highest BCUT2D eigenvalue weighted by Crippen LogP contribution is 2.40. The van der Waals surface area contributed by atoms with Crippen molar-refractivity contribution in [1.82, 2.24) is 14.5 Å². The second kappa shape index (κ2) is 6.01. The lowest BCUT2D eigenvalue weighted by Crippen LogP contribution is -1.97. The fraction of sp³-hybridized carbons (Fsp3) is 0. The maximum absolute atomic E-state index is 5.01. The smallest absolute Gasteiger partial charge is 0.147 e. The first-order valence-electron chi connectivity index (χ1n) is 9.19. The molecule has 3 aromatic carbocycles. The summed E-state index contributed by atoms with van der Waals surface area (Å²) in [6, 6.07) is 27.4. The Bertz CT molecular complexity index is 1460. The summed E-state index contributed by atoms with van der Waals surface area (Å²) in [5.74, 6) is 0.950. The molecule has 0 saturated heterocycles. The van der Waals surface area contributed by atoms with Gasteiger partial charge in [0.25, 0.3) is 0 Å². The first-order valence-corrected chi connectivity index (χ1v) is 10.0. The first kappa shape index (κ1) is 15.5. The monoisotopic (exact) mass is 377 g/mol. The molecule has 6 rings (SSSR count). The zero-order chi connectivity index (χ0) is 18.5. The van der Waals surface area contributed by atoms with Gasteiger partial charge in [0.05, 0.1) is 17.2 Å². The van der Waals surface area contributed by atoms with Gasteiger partial charge in [0, 0.05) is 37.6 Å². The summed E-state index contributed by atoms with van der Waals surface area (Å²) in [7, 11) is 0. The minimum absolute atomic E-state index is 0.950. The number of imidazole rings is 1. The van der Waals surface area contributed by atoms with E-state index < -0.39 is 0 Å². The van der Waals surface area contributed by atoms with Crippen molar-refractivity contribution in [3.8, 4) is 17.1 Å². The Kier molecular flexibility index (Phi) is 3.34. The molecule has 3 heterocycles. The summed E-state index contributed by atoms with van der Waals surface area (Å²) in [5.41, 5.74) is 4.21. The molecule has 0 atom stereocenters. The van der Waals surface area contributed by atoms with Gasteiger partial charge in [0.15, 0.2) is 0 Å². The third kappa shape index (κ3) is 2.22. The number of aromatic nitrogens is 3. The summed E-state index contributed by atoms with van der Waals surface area (Å²) in [5, 5.41) is 2.58. The Morgan fingerprint density at radius 1 is 0.750 bits per heavy atom. The number of benzene rings is 3. The quantitative estimate of drug-likeness (QED) is 0.347. The van der Waals surface area contributed by atoms with Crippen molar-refractivity contribution in [1.29, 1.82) is 0 Å². The second-order valence-electron chi connectivity index (χ2n) is 6.75. The van der Waals surface area contributed by atoms with Crippen molar-refractivity contribution in [3.05, 3.63) is 91.3 Å². The van der Waals surface area contributed by atoms with Gasteiger partial charge in [0.1, 0.15) is 5.82 Å². The Labute approximate surface area is 165 Å². The number of para-hydroxylation sites is 1. The van der Waals surface area contributed by atoms with E-state index in [-0.39, 0.29) is 0 Å². The number of thiophene rings is 1. The summed E-state index contributed by atoms with van der Waals surface area (Å²) in [4.78, 5) is 9.35. The van der Waals surface area contributed by atoms with Crippen LogP contribution in [0.2, 0.25) is 0 Å². The highest BCUT2D eigenvalue weighted by molar-refractivity contribution is 7.26. The lowest BCUT2D eigenvalue weighted by molar-refractivity contribution is 1.10. The molecule has 0 saturated carbocycles. The standard InChI is InChI=1S/C24H15N3S/c1-2-7-16(8-3-1)27-21-15-25-14-13-20(21)26-24(27)19-11-6-10-18-17-9-4-5-12-22(17)28-23(18)19/h1-15H. The summed E-state index contributed by atoms with van der Waals surface area (Å²) in [6.45, 7) is 0. The summed E-state index contributed by atoms with van der Waals surface area (Å²) < 4.78 is 4.78. The fourth-order valence-electron chi connectivity index (χ4n) is 3.87. The van der Waals surface area contributed by atoms with Crippen LogP contribution in [0.4, 0.5) is 0 Å². The lowest BCUT2D eigenvalue weighted by atomic mass is 10.1. The lowest BCUT2D eigenvalue weighted by Gasteiger charge is -2.10. The molecule has 0 fully saturated rings. The molecule has 3 nitrogen and oxygen atoms in total. The van der Waals surface area contributed by atoms with E-state index in [9.17, 15) is 0 Å². The molecule has 0 bridgehead atoms. The number of fused-ring (bicyclic) bond motifs is 4. The Hall–Kier alpha value is -3.50. The number of hydrogen-bond acceptors (Lipinski definition) is 3. The van der Waals surface area contributed by atoms with Gasteiger partial charge in [-0.25, -0.2) is 4.98 Å². The first-order chi connectivity index (χ1) is 13.9. The van der Waals surface area contributed by atoms with Crippen LogP contribution in [0.25, 0.3) is 48.3 Å². The average molecular weight is 377 g/mol. The van der Waals surface area contributed by atoms with Gasteiger partial charge >= 0.3 is 0 Å². The van der Waals surface area contributed by atoms with Crippen LogP contribution in [0.15, 0.2) is 91.3 Å². The zero-order valence-electron chi connectivity index (χ0n) is 14.9. The third-order valence-corrected chi connectivity index (χ3v) is 6.34. The van der Waals surface area contributed by atoms with Crippen molar-refractivity contribution < 1.29 is 0 Å². The molecule has 0 radical (unpaired) electrons. The van der Waals surface area contributed by atoms with Crippen molar-refractivity contribution >= 4 is 42.5 Å². The molecule has 4 heteroatoms. The molecule has 6 aromatic rings. The van der Waals surface area contributed by atoms with Crippen LogP contribution < -0.4 is 0 Å². The molecule has 0 aliphatic carbocycles. The fourth-order valence-corrected chi connectivity index (χ4v) is 5.08. The van der Waals surface area contributed by atoms with Crippen LogP contribution in [0.5, 0.6) is 0 Å². The Morgan fingerprint density at radius 2 is 1.57 bits per heavy atom. The molecule has 0 spiro atoms. The highest BCUT2D eigenvalue weighted by atomic mass is 32.1. The zero-order valence-corrected chi connectivity index (χ0v) is 15.7. The predicted molar refractivity (Wildman–Crippen MR) is 117 cm³/mol. The van der Waals surface area contributed by atoms with Crippen molar-refractivity contribution in [2.24, 2.45) is 0 Å². The van der Waals surface area contributed by atoms with Crippen LogP contribution in [0.3, 0.4) is 0 Å². The van der Waals surface area contributed by atoms with Gasteiger partial charge in [0.2, 0.25) is 0 Å². The van der Waals surface area contributed by atoms with E-state index in [2.05, 4.69) is 76.3 Å². The van der Waals surface area contributed by atoms with Crippen LogP contribution in [0, 0.1) is 0 Å². The van der Waals surface area contributed by atoms with Crippen molar-refractivity contribution in [2.45, 2.75) is 0 Å². The number of pyridine rings is 1. The molecule has 0 aliphatic heterocycles. The maximum Gasteiger partial charge on any atom is 0.147 e. The SMILES string of the molecule is c1ccc(-n2c(-c3cccc4c3sc3ccccc34)nc3ccncc32)cc1. The van der Waals surface area contributed by atoms with E-state index in [1.54, 1.807) is 6.20 Å². The van der Waals surface area contributed by atoms with E-state index in [0.29, 0.717) is 0 Å². The molecule has 3 aromatic heterocycles. The molecular formula is C24H15N3S. The minimum Gasteiger partial charge on any atom is -0.291 e. The van der Waals surface area contributed by atoms with Crippen molar-refractivity contribution in [3.63, 3.8) is 0 Å². The van der Waals surface area contributed by atoms with Gasteiger partial charge in [-0.15, -0.1) is 11.3 Å². The highest BCUT2D eigenvalue weighted by Gasteiger charge is 2.18. The van der Waals surface area contributed by atoms with E-state index in [1.807, 2.05) is 29.7 Å². The van der Waals surface area contributed by atoms with Gasteiger partial charge in [-0.1, -0.05) is 48.5 Å². The number of nitrogens with zero attached hydrogens (tertiary/aromatic N) is 3. The van der Waals surface area contributed by atoms with Crippen LogP contribution in [-0.2, 0) is 0 Å². The molecule has 0 unspecified atom stereocenters. The van der Waals surface area contributed by atoms with Crippen LogP contribution in [-0.4, -0.2) is 14.5 Å². The second-order valence-corrected chi connectivity index (χ2v) is 7.80. The maximum atomic E-state index is 5.01. The molecule has 0 N–H and O–H groups in total. The van der Waals surface area contributed by atoms with Crippen LogP contribution in [0.1, 0.15) is 0 Å². The minimum atomic E-state index is 0.950. The largest absolute Gasteiger partial charge is 0.291 e. The van der Waals surface area contributed by atoms with Crippen LogP contribution >= 0.6 is 11.3 Å². The third-order valence-electron chi connectivity index (χ3n) is 5.12. The van der Waals surface area contributed by atoms with E-state index in [1.165, 1.54) is 20.2 Å². The van der Waals surface area contributed by atoms with Gasteiger partial charge in [-0.2, -0.15) is 0 Å². The van der Waals surface area contributed by atoms with E-state index in [0.717, 1.165) is 28.1 Å². The van der Waals surface area contributed by atoms with Gasteiger partial charge in [-0.3, -0.25) is 9.55 Å². The molecule has 0 aliphatic rings. The molecule has 28 heavy (non-hydrogen) atoms. The molecule has 132 valence electrons. The normalized spacial score (nSPS) is 11.6.